The maximum Gasteiger partial charge on any atom is 0.303 e. The van der Waals surface area contributed by atoms with Crippen LogP contribution in [0.2, 0.25) is 0 Å². The lowest BCUT2D eigenvalue weighted by Gasteiger charge is -2.44. The van der Waals surface area contributed by atoms with Gasteiger partial charge in [-0.05, 0) is 34.4 Å². The number of nitrogens with one attached hydrogen (secondary N) is 1. The number of hydrogen-bond donors (Lipinski definition) is 3. The lowest BCUT2D eigenvalue weighted by atomic mass is 9.84. The molecule has 4 aromatic rings. The first-order valence-corrected chi connectivity index (χ1v) is 21.9. The van der Waals surface area contributed by atoms with Gasteiger partial charge in [-0.15, -0.1) is 11.8 Å². The van der Waals surface area contributed by atoms with E-state index in [2.05, 4.69) is 17.4 Å². The lowest BCUT2D eigenvalue weighted by Crippen LogP contribution is -2.62. The molecule has 2 saturated heterocycles. The Kier molecular flexibility index (Phi) is 16.7. The third kappa shape index (κ3) is 12.9. The number of aliphatic hydroxyl groups is 1. The number of aliphatic hydroxyl groups excluding tert-OH is 1. The highest BCUT2D eigenvalue weighted by atomic mass is 32.2. The Balaban J connectivity index is 1.19. The fourth-order valence-electron chi connectivity index (χ4n) is 7.67. The van der Waals surface area contributed by atoms with Crippen molar-refractivity contribution in [3.8, 4) is 0 Å². The molecule has 0 bridgehead atoms. The van der Waals surface area contributed by atoms with Crippen molar-refractivity contribution in [2.45, 2.75) is 107 Å². The molecule has 0 amide bonds. The van der Waals surface area contributed by atoms with Gasteiger partial charge in [0.25, 0.3) is 0 Å². The van der Waals surface area contributed by atoms with Crippen LogP contribution >= 0.6 is 24.0 Å². The van der Waals surface area contributed by atoms with Gasteiger partial charge in [0.15, 0.2) is 24.6 Å². The van der Waals surface area contributed by atoms with Gasteiger partial charge in [0, 0.05) is 68.5 Å². The summed E-state index contributed by atoms with van der Waals surface area (Å²) in [6, 6.07) is 33.5. The van der Waals surface area contributed by atoms with Gasteiger partial charge in [0.2, 0.25) is 0 Å². The molecule has 2 aliphatic rings. The Morgan fingerprint density at radius 2 is 1.25 bits per heavy atom. The molecule has 2 heterocycles. The van der Waals surface area contributed by atoms with E-state index in [1.54, 1.807) is 11.8 Å². The van der Waals surface area contributed by atoms with Gasteiger partial charge >= 0.3 is 23.9 Å². The van der Waals surface area contributed by atoms with Gasteiger partial charge in [0.1, 0.15) is 18.8 Å². The number of benzene rings is 4. The average molecular weight is 901 g/mol. The topological polar surface area (TPSA) is 191 Å². The van der Waals surface area contributed by atoms with E-state index < -0.39 is 66.8 Å². The lowest BCUT2D eigenvalue weighted by molar-refractivity contribution is -0.255. The summed E-state index contributed by atoms with van der Waals surface area (Å²) in [5, 5.41) is 13.0. The largest absolute Gasteiger partial charge is 0.463 e. The number of para-hydroxylation sites is 1. The molecular formula is C47H52N2O12S2. The zero-order chi connectivity index (χ0) is 45.0. The summed E-state index contributed by atoms with van der Waals surface area (Å²) in [7, 11) is 0. The number of carbonyl (C=O) groups excluding carboxylic acids is 4. The minimum atomic E-state index is -1.29. The number of nitrogens with two attached hydrogens (primary N) is 1. The fraction of sp³-hybridized carbons (Fsp3) is 0.383. The van der Waals surface area contributed by atoms with E-state index in [9.17, 15) is 24.3 Å². The molecule has 14 nitrogen and oxygen atoms in total. The monoisotopic (exact) mass is 900 g/mol. The summed E-state index contributed by atoms with van der Waals surface area (Å²) in [5.41, 5.74) is 11.5. The van der Waals surface area contributed by atoms with Crippen LogP contribution in [0.25, 0.3) is 0 Å². The number of thioether (sulfide) groups is 1. The van der Waals surface area contributed by atoms with E-state index in [0.717, 1.165) is 32.7 Å². The van der Waals surface area contributed by atoms with E-state index in [0.29, 0.717) is 23.0 Å². The number of esters is 4. The Hall–Kier alpha value is -5.36. The van der Waals surface area contributed by atoms with E-state index in [1.807, 2.05) is 91.0 Å². The number of ether oxygens (including phenoxy) is 7. The Bertz CT molecular complexity index is 2190. The molecule has 9 atom stereocenters. The number of anilines is 1. The van der Waals surface area contributed by atoms with Crippen LogP contribution in [-0.4, -0.2) is 83.0 Å². The smallest absolute Gasteiger partial charge is 0.303 e. The van der Waals surface area contributed by atoms with E-state index >= 15 is 0 Å². The molecule has 4 aromatic carbocycles. The van der Waals surface area contributed by atoms with Crippen LogP contribution in [0, 0.1) is 0 Å². The van der Waals surface area contributed by atoms with Crippen LogP contribution in [0.1, 0.15) is 80.2 Å². The van der Waals surface area contributed by atoms with Crippen LogP contribution in [-0.2, 0) is 65.5 Å². The normalized spacial score (nSPS) is 24.4. The molecule has 334 valence electrons. The first kappa shape index (κ1) is 47.1. The number of hydrogen-bond acceptors (Lipinski definition) is 15. The highest BCUT2D eigenvalue weighted by Crippen LogP contribution is 2.48. The van der Waals surface area contributed by atoms with Gasteiger partial charge < -0.3 is 49.3 Å². The summed E-state index contributed by atoms with van der Waals surface area (Å²) in [6.45, 7) is 4.64. The number of thiocarbonyl (C=S) groups is 1. The van der Waals surface area contributed by atoms with Gasteiger partial charge in [-0.1, -0.05) is 103 Å². The van der Waals surface area contributed by atoms with Gasteiger partial charge in [-0.25, -0.2) is 0 Å². The molecule has 2 fully saturated rings. The molecule has 4 N–H and O–H groups in total. The number of nitrogen functional groups attached to an aromatic ring is 1. The van der Waals surface area contributed by atoms with Gasteiger partial charge in [-0.3, -0.25) is 19.2 Å². The molecular weight excluding hydrogens is 849 g/mol. The predicted molar refractivity (Wildman–Crippen MR) is 237 cm³/mol. The first-order valence-electron chi connectivity index (χ1n) is 20.5. The van der Waals surface area contributed by atoms with Gasteiger partial charge in [0.05, 0.1) is 23.8 Å². The summed E-state index contributed by atoms with van der Waals surface area (Å²) < 4.78 is 41.8. The zero-order valence-electron chi connectivity index (χ0n) is 35.4. The molecule has 9 unspecified atom stereocenters. The molecule has 16 heteroatoms. The van der Waals surface area contributed by atoms with Crippen molar-refractivity contribution >= 4 is 58.5 Å². The maximum atomic E-state index is 12.3. The quantitative estimate of drug-likeness (QED) is 0.0367. The van der Waals surface area contributed by atoms with Crippen molar-refractivity contribution in [1.82, 2.24) is 5.32 Å². The molecule has 6 rings (SSSR count). The van der Waals surface area contributed by atoms with Crippen molar-refractivity contribution in [1.29, 1.82) is 0 Å². The van der Waals surface area contributed by atoms with Crippen molar-refractivity contribution < 1.29 is 57.4 Å². The predicted octanol–water partition coefficient (Wildman–Crippen LogP) is 6.43. The summed E-state index contributed by atoms with van der Waals surface area (Å²) in [4.78, 5) is 49.7. The fourth-order valence-corrected chi connectivity index (χ4v) is 8.94. The van der Waals surface area contributed by atoms with Crippen molar-refractivity contribution in [3.63, 3.8) is 0 Å². The van der Waals surface area contributed by atoms with Crippen molar-refractivity contribution in [2.75, 3.05) is 18.1 Å². The molecule has 0 radical (unpaired) electrons. The van der Waals surface area contributed by atoms with Crippen LogP contribution in [0.5, 0.6) is 0 Å². The summed E-state index contributed by atoms with van der Waals surface area (Å²) in [6.07, 6.45) is -7.23. The molecule has 63 heavy (non-hydrogen) atoms. The Labute approximate surface area is 376 Å². The minimum absolute atomic E-state index is 0.00747. The third-order valence-corrected chi connectivity index (χ3v) is 12.0. The summed E-state index contributed by atoms with van der Waals surface area (Å²) in [5.74, 6) is -2.31. The van der Waals surface area contributed by atoms with Crippen LogP contribution < -0.4 is 11.1 Å². The van der Waals surface area contributed by atoms with Crippen molar-refractivity contribution in [3.05, 3.63) is 131 Å². The molecule has 0 aliphatic carbocycles. The van der Waals surface area contributed by atoms with Crippen LogP contribution in [0.4, 0.5) is 5.69 Å². The second-order valence-corrected chi connectivity index (χ2v) is 16.8. The molecule has 0 saturated carbocycles. The SMILES string of the molecule is CC(=O)OCC1OC(CC(=S)NCc2ccc(C3OC(CSc4ccccc4N)C(c4ccccc4)C(c4ccc(CO)cc4)O3)cc2)C(OC(C)=O)C(OC(C)=O)C1OC(C)=O. The van der Waals surface area contributed by atoms with E-state index in [-0.39, 0.29) is 31.7 Å². The van der Waals surface area contributed by atoms with Crippen LogP contribution in [0.15, 0.2) is 108 Å². The second-order valence-electron chi connectivity index (χ2n) is 15.2. The highest BCUT2D eigenvalue weighted by molar-refractivity contribution is 7.99. The first-order chi connectivity index (χ1) is 30.3. The standard InChI is InChI=1S/C47H52N2O12S2/c1-27(51)55-25-38-45(57-29(3)53)46(58-30(4)54)44(56-28(2)52)37(59-38)22-41(62)49-23-31-14-20-35(21-15-31)47-60-39(26-63-40-13-9-8-12-36(40)48)42(33-10-6-5-7-11-33)43(61-47)34-18-16-32(24-50)17-19-34/h5-21,37-39,42-47,50H,22-26,48H2,1-4H3,(H,49,62). The average Bonchev–Trinajstić information content (AvgIpc) is 3.26. The number of carbonyl (C=O) groups is 4. The van der Waals surface area contributed by atoms with E-state index in [1.165, 1.54) is 27.7 Å². The molecule has 0 aromatic heterocycles. The van der Waals surface area contributed by atoms with Gasteiger partial charge in [-0.2, -0.15) is 0 Å². The Morgan fingerprint density at radius 1 is 0.667 bits per heavy atom. The maximum absolute atomic E-state index is 12.3. The number of rotatable bonds is 16. The molecule has 2 aliphatic heterocycles. The second kappa shape index (κ2) is 22.3. The highest BCUT2D eigenvalue weighted by Gasteiger charge is 2.52. The third-order valence-electron chi connectivity index (χ3n) is 10.5. The molecule has 0 spiro atoms. The van der Waals surface area contributed by atoms with E-state index in [4.69, 9.17) is 51.1 Å². The minimum Gasteiger partial charge on any atom is -0.463 e. The summed E-state index contributed by atoms with van der Waals surface area (Å²) >= 11 is 7.37. The zero-order valence-corrected chi connectivity index (χ0v) is 37.0. The van der Waals surface area contributed by atoms with Crippen molar-refractivity contribution in [2.24, 2.45) is 0 Å². The van der Waals surface area contributed by atoms with Crippen LogP contribution in [0.3, 0.4) is 0 Å². The Morgan fingerprint density at radius 3 is 1.87 bits per heavy atom.